The van der Waals surface area contributed by atoms with E-state index in [0.717, 1.165) is 3.92 Å². The van der Waals surface area contributed by atoms with Crippen LogP contribution in [0.5, 0.6) is 0 Å². The van der Waals surface area contributed by atoms with Crippen LogP contribution in [-0.2, 0) is 0 Å². The Morgan fingerprint density at radius 2 is 1.89 bits per heavy atom. The highest BCUT2D eigenvalue weighted by atomic mass is 127. The summed E-state index contributed by atoms with van der Waals surface area (Å²) in [5.74, 6) is 0. The molecule has 9 heavy (non-hydrogen) atoms. The molecule has 1 saturated carbocycles. The van der Waals surface area contributed by atoms with Gasteiger partial charge in [0.05, 0.1) is 0 Å². The van der Waals surface area contributed by atoms with Gasteiger partial charge >= 0.3 is 0 Å². The summed E-state index contributed by atoms with van der Waals surface area (Å²) in [6.45, 7) is 0. The molecular weight excluding hydrogens is 225 g/mol. The van der Waals surface area contributed by atoms with E-state index in [0.29, 0.717) is 6.04 Å². The van der Waals surface area contributed by atoms with Gasteiger partial charge in [-0.2, -0.15) is 0 Å². The Kier molecular flexibility index (Phi) is 3.26. The maximum absolute atomic E-state index is 5.82. The van der Waals surface area contributed by atoms with Crippen molar-refractivity contribution in [2.24, 2.45) is 5.73 Å². The zero-order valence-corrected chi connectivity index (χ0v) is 7.80. The van der Waals surface area contributed by atoms with E-state index in [1.807, 2.05) is 0 Å². The molecule has 2 heteroatoms. The summed E-state index contributed by atoms with van der Waals surface area (Å²) < 4.78 is 0.847. The van der Waals surface area contributed by atoms with Crippen molar-refractivity contribution in [1.29, 1.82) is 0 Å². The van der Waals surface area contributed by atoms with Crippen LogP contribution < -0.4 is 5.73 Å². The van der Waals surface area contributed by atoms with Crippen molar-refractivity contribution in [1.82, 2.24) is 0 Å². The van der Waals surface area contributed by atoms with Crippen molar-refractivity contribution in [2.45, 2.75) is 42.1 Å². The second kappa shape index (κ2) is 3.76. The number of hydrogen-bond acceptors (Lipinski definition) is 1. The Bertz CT molecular complexity index is 75.0. The zero-order chi connectivity index (χ0) is 6.69. The van der Waals surface area contributed by atoms with Crippen LogP contribution in [0.1, 0.15) is 32.1 Å². The molecule has 0 bridgehead atoms. The maximum Gasteiger partial charge on any atom is 0.0124 e. The van der Waals surface area contributed by atoms with Gasteiger partial charge in [0.1, 0.15) is 0 Å². The van der Waals surface area contributed by atoms with Crippen LogP contribution in [0.4, 0.5) is 0 Å². The molecule has 1 fully saturated rings. The second-order valence-electron chi connectivity index (χ2n) is 2.88. The highest BCUT2D eigenvalue weighted by Gasteiger charge is 2.13. The van der Waals surface area contributed by atoms with Gasteiger partial charge in [-0.25, -0.2) is 0 Å². The number of nitrogens with two attached hydrogens (primary N) is 1. The summed E-state index contributed by atoms with van der Waals surface area (Å²) in [4.78, 5) is 0. The minimum atomic E-state index is 0.495. The molecule has 0 aromatic carbocycles. The normalized spacial score (nSPS) is 38.0. The van der Waals surface area contributed by atoms with Gasteiger partial charge < -0.3 is 5.73 Å². The summed E-state index contributed by atoms with van der Waals surface area (Å²) >= 11 is 2.52. The Hall–Kier alpha value is 0.690. The fraction of sp³-hybridized carbons (Fsp3) is 1.00. The Morgan fingerprint density at radius 1 is 1.22 bits per heavy atom. The van der Waals surface area contributed by atoms with E-state index >= 15 is 0 Å². The largest absolute Gasteiger partial charge is 0.328 e. The van der Waals surface area contributed by atoms with E-state index in [-0.39, 0.29) is 0 Å². The fourth-order valence-electron chi connectivity index (χ4n) is 1.34. The lowest BCUT2D eigenvalue weighted by molar-refractivity contribution is 0.592. The van der Waals surface area contributed by atoms with Crippen molar-refractivity contribution in [3.63, 3.8) is 0 Å². The van der Waals surface area contributed by atoms with Crippen molar-refractivity contribution < 1.29 is 0 Å². The highest BCUT2D eigenvalue weighted by Crippen LogP contribution is 2.22. The van der Waals surface area contributed by atoms with Crippen LogP contribution in [0.15, 0.2) is 0 Å². The van der Waals surface area contributed by atoms with Gasteiger partial charge in [0.2, 0.25) is 0 Å². The van der Waals surface area contributed by atoms with Gasteiger partial charge in [-0.15, -0.1) is 0 Å². The lowest BCUT2D eigenvalue weighted by Crippen LogP contribution is -2.21. The van der Waals surface area contributed by atoms with Gasteiger partial charge in [0.15, 0.2) is 0 Å². The second-order valence-corrected chi connectivity index (χ2v) is 4.64. The van der Waals surface area contributed by atoms with Gasteiger partial charge in [0, 0.05) is 9.97 Å². The molecule has 1 aliphatic carbocycles. The first-order chi connectivity index (χ1) is 4.29. The number of alkyl halides is 1. The maximum atomic E-state index is 5.82. The monoisotopic (exact) mass is 239 g/mol. The third-order valence-corrected chi connectivity index (χ3v) is 3.03. The molecule has 0 saturated heterocycles. The van der Waals surface area contributed by atoms with E-state index in [9.17, 15) is 0 Å². The van der Waals surface area contributed by atoms with Crippen LogP contribution in [0.25, 0.3) is 0 Å². The lowest BCUT2D eigenvalue weighted by Gasteiger charge is -2.08. The van der Waals surface area contributed by atoms with Crippen molar-refractivity contribution >= 4 is 22.6 Å². The molecular formula is C7H14IN. The minimum Gasteiger partial charge on any atom is -0.328 e. The summed E-state index contributed by atoms with van der Waals surface area (Å²) in [6, 6.07) is 0.495. The van der Waals surface area contributed by atoms with E-state index in [1.165, 1.54) is 32.1 Å². The first-order valence-electron chi connectivity index (χ1n) is 3.68. The number of rotatable bonds is 0. The Morgan fingerprint density at radius 3 is 2.67 bits per heavy atom. The zero-order valence-electron chi connectivity index (χ0n) is 5.65. The van der Waals surface area contributed by atoms with Gasteiger partial charge in [-0.1, -0.05) is 35.4 Å². The van der Waals surface area contributed by atoms with Crippen LogP contribution in [0, 0.1) is 0 Å². The van der Waals surface area contributed by atoms with Crippen LogP contribution in [0.2, 0.25) is 0 Å². The smallest absolute Gasteiger partial charge is 0.0124 e. The quantitative estimate of drug-likeness (QED) is 0.391. The predicted octanol–water partition coefficient (Wildman–Crippen LogP) is 2.08. The average molecular weight is 239 g/mol. The molecule has 0 spiro atoms. The van der Waals surface area contributed by atoms with E-state index in [4.69, 9.17) is 5.73 Å². The summed E-state index contributed by atoms with van der Waals surface area (Å²) in [5.41, 5.74) is 5.82. The molecule has 0 radical (unpaired) electrons. The van der Waals surface area contributed by atoms with Crippen LogP contribution >= 0.6 is 22.6 Å². The number of halogens is 1. The molecule has 1 rings (SSSR count). The topological polar surface area (TPSA) is 26.0 Å². The number of hydrogen-bond donors (Lipinski definition) is 1. The molecule has 1 aliphatic rings. The van der Waals surface area contributed by atoms with E-state index < -0.39 is 0 Å². The predicted molar refractivity (Wildman–Crippen MR) is 48.9 cm³/mol. The van der Waals surface area contributed by atoms with Crippen molar-refractivity contribution in [2.75, 3.05) is 0 Å². The first-order valence-corrected chi connectivity index (χ1v) is 4.93. The third-order valence-electron chi connectivity index (χ3n) is 1.90. The third kappa shape index (κ3) is 2.85. The average Bonchev–Trinajstić information content (AvgIpc) is 1.93. The molecule has 0 aliphatic heterocycles. The highest BCUT2D eigenvalue weighted by molar-refractivity contribution is 14.1. The first kappa shape index (κ1) is 7.79. The molecule has 0 aromatic rings. The van der Waals surface area contributed by atoms with Gasteiger partial charge in [0.25, 0.3) is 0 Å². The molecule has 0 aromatic heterocycles. The summed E-state index contributed by atoms with van der Waals surface area (Å²) in [7, 11) is 0. The van der Waals surface area contributed by atoms with Crippen molar-refractivity contribution in [3.05, 3.63) is 0 Å². The van der Waals surface area contributed by atoms with Crippen LogP contribution in [0.3, 0.4) is 0 Å². The molecule has 2 unspecified atom stereocenters. The standard InChI is InChI=1S/C7H14IN/c8-6-3-1-2-4-7(9)5-6/h6-7H,1-5,9H2. The molecule has 0 amide bonds. The Balaban J connectivity index is 2.29. The summed E-state index contributed by atoms with van der Waals surface area (Å²) in [6.07, 6.45) is 6.61. The van der Waals surface area contributed by atoms with Crippen molar-refractivity contribution in [3.8, 4) is 0 Å². The molecule has 2 atom stereocenters. The lowest BCUT2D eigenvalue weighted by atomic mass is 10.1. The SMILES string of the molecule is NC1CCCCC(I)C1. The van der Waals surface area contributed by atoms with E-state index in [1.54, 1.807) is 0 Å². The molecule has 2 N–H and O–H groups in total. The van der Waals surface area contributed by atoms with Crippen LogP contribution in [-0.4, -0.2) is 9.97 Å². The van der Waals surface area contributed by atoms with E-state index in [2.05, 4.69) is 22.6 Å². The minimum absolute atomic E-state index is 0.495. The van der Waals surface area contributed by atoms with Gasteiger partial charge in [-0.3, -0.25) is 0 Å². The Labute approximate surface area is 70.5 Å². The molecule has 1 nitrogen and oxygen atoms in total. The summed E-state index contributed by atoms with van der Waals surface area (Å²) in [5, 5.41) is 0. The fourth-order valence-corrected chi connectivity index (χ4v) is 2.43. The van der Waals surface area contributed by atoms with Gasteiger partial charge in [-0.05, 0) is 19.3 Å². The molecule has 54 valence electrons. The molecule has 0 heterocycles.